The van der Waals surface area contributed by atoms with Crippen LogP contribution in [0.2, 0.25) is 0 Å². The van der Waals surface area contributed by atoms with E-state index in [0.29, 0.717) is 42.0 Å². The molecule has 1 atom stereocenters. The van der Waals surface area contributed by atoms with Crippen molar-refractivity contribution in [3.63, 3.8) is 0 Å². The zero-order valence-corrected chi connectivity index (χ0v) is 22.0. The van der Waals surface area contributed by atoms with Crippen molar-refractivity contribution in [1.82, 2.24) is 9.62 Å². The largest absolute Gasteiger partial charge is 0.493 e. The SMILES string of the molecule is COc1cc2ccc(S(=O)(=O)N[C@H]3CCN(Cc4cccc(C#N)c4)C3=O)cc2cc1OC.O=C(O)C(F)(F)F. The van der Waals surface area contributed by atoms with Crippen LogP contribution in [-0.2, 0) is 26.2 Å². The molecule has 0 saturated carbocycles. The molecule has 1 amide bonds. The number of benzene rings is 3. The first-order valence-electron chi connectivity index (χ1n) is 11.5. The zero-order chi connectivity index (χ0) is 29.7. The van der Waals surface area contributed by atoms with Gasteiger partial charge in [0.15, 0.2) is 11.5 Å². The Hall–Kier alpha value is -4.35. The molecule has 10 nitrogen and oxygen atoms in total. The van der Waals surface area contributed by atoms with Gasteiger partial charge in [-0.2, -0.15) is 23.2 Å². The van der Waals surface area contributed by atoms with Gasteiger partial charge in [-0.1, -0.05) is 18.2 Å². The Labute approximate surface area is 227 Å². The maximum Gasteiger partial charge on any atom is 0.490 e. The number of hydrogen-bond acceptors (Lipinski definition) is 7. The van der Waals surface area contributed by atoms with Gasteiger partial charge in [0, 0.05) is 13.1 Å². The third kappa shape index (κ3) is 7.19. The number of nitrogens with one attached hydrogen (secondary N) is 1. The van der Waals surface area contributed by atoms with Crippen LogP contribution in [0.15, 0.2) is 59.5 Å². The van der Waals surface area contributed by atoms with E-state index in [2.05, 4.69) is 10.8 Å². The topological polar surface area (TPSA) is 146 Å². The number of alkyl halides is 3. The van der Waals surface area contributed by atoms with E-state index in [4.69, 9.17) is 24.6 Å². The normalized spacial score (nSPS) is 15.2. The highest BCUT2D eigenvalue weighted by molar-refractivity contribution is 7.89. The van der Waals surface area contributed by atoms with Crippen molar-refractivity contribution in [2.75, 3.05) is 20.8 Å². The number of fused-ring (bicyclic) bond motifs is 1. The maximum absolute atomic E-state index is 13.0. The first-order valence-corrected chi connectivity index (χ1v) is 13.0. The Kier molecular flexibility index (Phi) is 9.23. The number of aliphatic carboxylic acids is 1. The first-order chi connectivity index (χ1) is 18.8. The minimum atomic E-state index is -5.08. The summed E-state index contributed by atoms with van der Waals surface area (Å²) in [6.45, 7) is 0.752. The molecule has 14 heteroatoms. The van der Waals surface area contributed by atoms with Crippen molar-refractivity contribution in [3.05, 3.63) is 65.7 Å². The van der Waals surface area contributed by atoms with Gasteiger partial charge in [0.25, 0.3) is 0 Å². The van der Waals surface area contributed by atoms with E-state index < -0.39 is 28.2 Å². The number of hydrogen-bond donors (Lipinski definition) is 2. The second kappa shape index (κ2) is 12.2. The van der Waals surface area contributed by atoms with E-state index in [1.807, 2.05) is 6.07 Å². The molecule has 0 unspecified atom stereocenters. The lowest BCUT2D eigenvalue weighted by Gasteiger charge is -2.17. The predicted molar refractivity (Wildman–Crippen MR) is 136 cm³/mol. The number of amides is 1. The van der Waals surface area contributed by atoms with Crippen molar-refractivity contribution >= 4 is 32.7 Å². The first kappa shape index (κ1) is 30.2. The van der Waals surface area contributed by atoms with Crippen LogP contribution in [0, 0.1) is 11.3 Å². The molecule has 2 N–H and O–H groups in total. The van der Waals surface area contributed by atoms with Gasteiger partial charge in [-0.05, 0) is 59.2 Å². The maximum atomic E-state index is 13.0. The number of halogens is 3. The number of likely N-dealkylation sites (tertiary alicyclic amines) is 1. The summed E-state index contributed by atoms with van der Waals surface area (Å²) >= 11 is 0. The van der Waals surface area contributed by atoms with Gasteiger partial charge in [-0.25, -0.2) is 13.2 Å². The predicted octanol–water partition coefficient (Wildman–Crippen LogP) is 3.44. The average Bonchev–Trinajstić information content (AvgIpc) is 3.25. The molecule has 0 aromatic heterocycles. The summed E-state index contributed by atoms with van der Waals surface area (Å²) in [6.07, 6.45) is -4.71. The molecule has 1 aliphatic rings. The van der Waals surface area contributed by atoms with E-state index >= 15 is 0 Å². The molecule has 3 aromatic carbocycles. The average molecular weight is 580 g/mol. The highest BCUT2D eigenvalue weighted by Gasteiger charge is 2.38. The van der Waals surface area contributed by atoms with Crippen LogP contribution in [0.25, 0.3) is 10.8 Å². The summed E-state index contributed by atoms with van der Waals surface area (Å²) < 4.78 is 70.9. The summed E-state index contributed by atoms with van der Waals surface area (Å²) in [4.78, 5) is 23.4. The van der Waals surface area contributed by atoms with Crippen molar-refractivity contribution < 1.29 is 45.8 Å². The van der Waals surface area contributed by atoms with Crippen molar-refractivity contribution in [2.45, 2.75) is 30.1 Å². The molecule has 1 saturated heterocycles. The van der Waals surface area contributed by atoms with Gasteiger partial charge in [-0.15, -0.1) is 0 Å². The molecule has 0 aliphatic carbocycles. The lowest BCUT2D eigenvalue weighted by atomic mass is 10.1. The number of rotatable bonds is 7. The summed E-state index contributed by atoms with van der Waals surface area (Å²) in [5.41, 5.74) is 1.34. The molecule has 1 aliphatic heterocycles. The van der Waals surface area contributed by atoms with Gasteiger partial charge in [0.2, 0.25) is 15.9 Å². The fourth-order valence-electron chi connectivity index (χ4n) is 3.94. The number of methoxy groups -OCH3 is 2. The Morgan fingerprint density at radius 1 is 1.10 bits per heavy atom. The van der Waals surface area contributed by atoms with E-state index in [9.17, 15) is 26.4 Å². The standard InChI is InChI=1S/C24H23N3O5S.C2HF3O2/c1-31-22-12-18-6-7-20(11-19(18)13-23(22)32-2)33(29,30)26-21-8-9-27(24(21)28)15-17-5-3-4-16(10-17)14-25;3-2(4,5)1(6)7/h3-7,10-13,21,26H,8-9,15H2,1-2H3;(H,6,7)/t21-;/m0./s1. The molecule has 4 rings (SSSR count). The molecule has 3 aromatic rings. The van der Waals surface area contributed by atoms with E-state index in [1.165, 1.54) is 20.3 Å². The number of carbonyl (C=O) groups is 2. The highest BCUT2D eigenvalue weighted by Crippen LogP contribution is 2.33. The number of nitrogens with zero attached hydrogens (tertiary/aromatic N) is 2. The Morgan fingerprint density at radius 3 is 2.30 bits per heavy atom. The van der Waals surface area contributed by atoms with E-state index in [-0.39, 0.29) is 10.8 Å². The zero-order valence-electron chi connectivity index (χ0n) is 21.2. The van der Waals surface area contributed by atoms with Gasteiger partial charge < -0.3 is 19.5 Å². The van der Waals surface area contributed by atoms with Crippen molar-refractivity contribution in [3.8, 4) is 17.6 Å². The minimum absolute atomic E-state index is 0.0650. The molecule has 1 heterocycles. The van der Waals surface area contributed by atoms with Gasteiger partial charge >= 0.3 is 12.1 Å². The monoisotopic (exact) mass is 579 g/mol. The third-order valence-electron chi connectivity index (χ3n) is 5.89. The number of nitriles is 1. The summed E-state index contributed by atoms with van der Waals surface area (Å²) in [6, 6.07) is 16.5. The molecule has 0 spiro atoms. The molecule has 0 radical (unpaired) electrons. The van der Waals surface area contributed by atoms with E-state index in [1.54, 1.807) is 47.4 Å². The molecule has 0 bridgehead atoms. The Balaban J connectivity index is 0.000000559. The summed E-state index contributed by atoms with van der Waals surface area (Å²) in [7, 11) is -0.873. The van der Waals surface area contributed by atoms with Crippen LogP contribution < -0.4 is 14.2 Å². The number of ether oxygens (including phenoxy) is 2. The van der Waals surface area contributed by atoms with Crippen LogP contribution in [0.5, 0.6) is 11.5 Å². The molecule has 1 fully saturated rings. The molecule has 40 heavy (non-hydrogen) atoms. The highest BCUT2D eigenvalue weighted by atomic mass is 32.2. The second-order valence-corrected chi connectivity index (χ2v) is 10.3. The third-order valence-corrected chi connectivity index (χ3v) is 7.36. The number of carbonyl (C=O) groups excluding carboxylic acids is 1. The van der Waals surface area contributed by atoms with Crippen molar-refractivity contribution in [1.29, 1.82) is 5.26 Å². The van der Waals surface area contributed by atoms with Crippen LogP contribution in [0.4, 0.5) is 13.2 Å². The fourth-order valence-corrected chi connectivity index (χ4v) is 5.20. The Morgan fingerprint density at radius 2 is 1.73 bits per heavy atom. The van der Waals surface area contributed by atoms with Gasteiger partial charge in [0.05, 0.1) is 30.7 Å². The van der Waals surface area contributed by atoms with Crippen LogP contribution in [0.1, 0.15) is 17.5 Å². The molecular weight excluding hydrogens is 555 g/mol. The number of carboxylic acid groups (broad SMARTS) is 1. The summed E-state index contributed by atoms with van der Waals surface area (Å²) in [5, 5.41) is 17.7. The molecule has 212 valence electrons. The number of sulfonamides is 1. The molecular formula is C26H24F3N3O7S. The summed E-state index contributed by atoms with van der Waals surface area (Å²) in [5.74, 6) is -1.99. The fraction of sp³-hybridized carbons (Fsp3) is 0.269. The van der Waals surface area contributed by atoms with E-state index in [0.717, 1.165) is 10.9 Å². The van der Waals surface area contributed by atoms with Crippen molar-refractivity contribution in [2.24, 2.45) is 0 Å². The minimum Gasteiger partial charge on any atom is -0.493 e. The smallest absolute Gasteiger partial charge is 0.490 e. The quantitative estimate of drug-likeness (QED) is 0.433. The lowest BCUT2D eigenvalue weighted by Crippen LogP contribution is -2.41. The number of carboxylic acids is 1. The van der Waals surface area contributed by atoms with Crippen LogP contribution >= 0.6 is 0 Å². The lowest BCUT2D eigenvalue weighted by molar-refractivity contribution is -0.192. The second-order valence-electron chi connectivity index (χ2n) is 8.55. The van der Waals surface area contributed by atoms with Gasteiger partial charge in [-0.3, -0.25) is 4.79 Å². The van der Waals surface area contributed by atoms with Gasteiger partial charge in [0.1, 0.15) is 6.04 Å². The van der Waals surface area contributed by atoms with Crippen LogP contribution in [-0.4, -0.2) is 63.3 Å². The Bertz CT molecular complexity index is 1570. The van der Waals surface area contributed by atoms with Crippen LogP contribution in [0.3, 0.4) is 0 Å².